The smallest absolute Gasteiger partial charge is 0.220 e. The second-order valence-electron chi connectivity index (χ2n) is 4.45. The monoisotopic (exact) mass is 228 g/mol. The van der Waals surface area contributed by atoms with Crippen LogP contribution in [0.3, 0.4) is 0 Å². The fraction of sp³-hybridized carbons (Fsp3) is 0.833. The van der Waals surface area contributed by atoms with E-state index in [1.165, 1.54) is 0 Å². The molecule has 1 atom stereocenters. The molecule has 0 spiro atoms. The molecule has 0 aliphatic carbocycles. The molecular formula is C12H24N2O2. The number of hydrogen-bond donors (Lipinski definition) is 2. The van der Waals surface area contributed by atoms with Gasteiger partial charge in [0.25, 0.3) is 0 Å². The summed E-state index contributed by atoms with van der Waals surface area (Å²) in [4.78, 5) is 23.0. The van der Waals surface area contributed by atoms with E-state index in [0.29, 0.717) is 25.3 Å². The van der Waals surface area contributed by atoms with Crippen LogP contribution in [0.25, 0.3) is 0 Å². The number of likely N-dealkylation sites (N-methyl/N-ethyl adjacent to an activating group) is 1. The van der Waals surface area contributed by atoms with E-state index >= 15 is 0 Å². The van der Waals surface area contributed by atoms with Crippen LogP contribution in [0.4, 0.5) is 0 Å². The van der Waals surface area contributed by atoms with Crippen molar-refractivity contribution in [1.29, 1.82) is 0 Å². The van der Waals surface area contributed by atoms with Crippen molar-refractivity contribution in [2.75, 3.05) is 20.1 Å². The Bertz CT molecular complexity index is 227. The molecule has 0 aromatic carbocycles. The summed E-state index contributed by atoms with van der Waals surface area (Å²) < 4.78 is 0. The number of carbonyl (C=O) groups is 2. The normalized spacial score (nSPS) is 12.6. The Kier molecular flexibility index (Phi) is 7.81. The Morgan fingerprint density at radius 1 is 1.06 bits per heavy atom. The third kappa shape index (κ3) is 6.56. The van der Waals surface area contributed by atoms with Gasteiger partial charge in [-0.15, -0.1) is 0 Å². The lowest BCUT2D eigenvalue weighted by atomic mass is 9.91. The quantitative estimate of drug-likeness (QED) is 0.608. The predicted molar refractivity (Wildman–Crippen MR) is 65.2 cm³/mol. The van der Waals surface area contributed by atoms with E-state index in [0.717, 1.165) is 6.54 Å². The predicted octanol–water partition coefficient (Wildman–Crippen LogP) is 0.963. The van der Waals surface area contributed by atoms with E-state index in [1.807, 2.05) is 27.8 Å². The standard InChI is InChI=1S/C12H24N2O2/c1-9(2)10(3)11(15)5-6-12(16)14-8-7-13-4/h9-10,13H,5-8H2,1-4H3,(H,14,16)/t10-/m0/s1. The van der Waals surface area contributed by atoms with Crippen LogP contribution in [0.2, 0.25) is 0 Å². The molecule has 0 rings (SSSR count). The lowest BCUT2D eigenvalue weighted by Gasteiger charge is -2.13. The lowest BCUT2D eigenvalue weighted by molar-refractivity contribution is -0.127. The number of nitrogens with one attached hydrogen (secondary N) is 2. The highest BCUT2D eigenvalue weighted by atomic mass is 16.2. The van der Waals surface area contributed by atoms with Gasteiger partial charge >= 0.3 is 0 Å². The first-order valence-corrected chi connectivity index (χ1v) is 5.93. The van der Waals surface area contributed by atoms with E-state index in [2.05, 4.69) is 10.6 Å². The summed E-state index contributed by atoms with van der Waals surface area (Å²) >= 11 is 0. The van der Waals surface area contributed by atoms with Crippen molar-refractivity contribution in [3.63, 3.8) is 0 Å². The van der Waals surface area contributed by atoms with Crippen LogP contribution in [0, 0.1) is 11.8 Å². The first-order valence-electron chi connectivity index (χ1n) is 5.93. The summed E-state index contributed by atoms with van der Waals surface area (Å²) in [6, 6.07) is 0. The first-order chi connectivity index (χ1) is 7.49. The molecule has 0 fully saturated rings. The third-order valence-corrected chi connectivity index (χ3v) is 2.80. The molecule has 0 bridgehead atoms. The zero-order valence-corrected chi connectivity index (χ0v) is 10.8. The van der Waals surface area contributed by atoms with Crippen LogP contribution in [0.1, 0.15) is 33.6 Å². The van der Waals surface area contributed by atoms with Crippen molar-refractivity contribution in [2.24, 2.45) is 11.8 Å². The highest BCUT2D eigenvalue weighted by molar-refractivity contribution is 5.86. The number of Topliss-reactive ketones (excluding diaryl/α,β-unsaturated/α-hetero) is 1. The highest BCUT2D eigenvalue weighted by Crippen LogP contribution is 2.13. The van der Waals surface area contributed by atoms with Crippen LogP contribution in [0.5, 0.6) is 0 Å². The molecule has 0 aromatic rings. The molecule has 16 heavy (non-hydrogen) atoms. The number of rotatable bonds is 8. The number of amides is 1. The maximum atomic E-state index is 11.6. The Hall–Kier alpha value is -0.900. The van der Waals surface area contributed by atoms with Gasteiger partial charge in [-0.2, -0.15) is 0 Å². The minimum atomic E-state index is -0.0421. The van der Waals surface area contributed by atoms with Gasteiger partial charge in [0.05, 0.1) is 0 Å². The van der Waals surface area contributed by atoms with Crippen LogP contribution < -0.4 is 10.6 Å². The maximum absolute atomic E-state index is 11.6. The van der Waals surface area contributed by atoms with Gasteiger partial charge in [0.1, 0.15) is 5.78 Å². The summed E-state index contributed by atoms with van der Waals surface area (Å²) in [5.41, 5.74) is 0. The Morgan fingerprint density at radius 2 is 1.69 bits per heavy atom. The Morgan fingerprint density at radius 3 is 2.19 bits per heavy atom. The molecule has 0 heterocycles. The molecule has 4 nitrogen and oxygen atoms in total. The van der Waals surface area contributed by atoms with Crippen molar-refractivity contribution in [3.8, 4) is 0 Å². The van der Waals surface area contributed by atoms with E-state index < -0.39 is 0 Å². The van der Waals surface area contributed by atoms with Crippen molar-refractivity contribution in [3.05, 3.63) is 0 Å². The number of hydrogen-bond acceptors (Lipinski definition) is 3. The van der Waals surface area contributed by atoms with Crippen LogP contribution >= 0.6 is 0 Å². The molecule has 0 saturated carbocycles. The summed E-state index contributed by atoms with van der Waals surface area (Å²) in [5, 5.41) is 5.69. The van der Waals surface area contributed by atoms with Crippen LogP contribution in [-0.4, -0.2) is 31.8 Å². The topological polar surface area (TPSA) is 58.2 Å². The summed E-state index contributed by atoms with van der Waals surface area (Å²) in [6.45, 7) is 7.34. The molecule has 0 aromatic heterocycles. The lowest BCUT2D eigenvalue weighted by Crippen LogP contribution is -2.31. The first kappa shape index (κ1) is 15.1. The maximum Gasteiger partial charge on any atom is 0.220 e. The number of carbonyl (C=O) groups excluding carboxylic acids is 2. The molecule has 0 aliphatic rings. The molecule has 0 saturated heterocycles. The van der Waals surface area contributed by atoms with Crippen molar-refractivity contribution >= 4 is 11.7 Å². The van der Waals surface area contributed by atoms with Gasteiger partial charge in [0.15, 0.2) is 0 Å². The second kappa shape index (κ2) is 8.28. The third-order valence-electron chi connectivity index (χ3n) is 2.80. The van der Waals surface area contributed by atoms with Gasteiger partial charge < -0.3 is 10.6 Å². The fourth-order valence-corrected chi connectivity index (χ4v) is 1.25. The average molecular weight is 228 g/mol. The SMILES string of the molecule is CNCCNC(=O)CCC(=O)[C@@H](C)C(C)C. The minimum Gasteiger partial charge on any atom is -0.355 e. The van der Waals surface area contributed by atoms with Gasteiger partial charge in [-0.25, -0.2) is 0 Å². The molecule has 4 heteroatoms. The van der Waals surface area contributed by atoms with Gasteiger partial charge in [-0.1, -0.05) is 20.8 Å². The van der Waals surface area contributed by atoms with Crippen LogP contribution in [-0.2, 0) is 9.59 Å². The van der Waals surface area contributed by atoms with Gasteiger partial charge in [0.2, 0.25) is 5.91 Å². The molecule has 0 unspecified atom stereocenters. The van der Waals surface area contributed by atoms with Crippen molar-refractivity contribution in [1.82, 2.24) is 10.6 Å². The zero-order chi connectivity index (χ0) is 12.6. The molecule has 94 valence electrons. The molecule has 1 amide bonds. The summed E-state index contributed by atoms with van der Waals surface area (Å²) in [7, 11) is 1.83. The van der Waals surface area contributed by atoms with Crippen LogP contribution in [0.15, 0.2) is 0 Å². The highest BCUT2D eigenvalue weighted by Gasteiger charge is 2.17. The molecule has 2 N–H and O–H groups in total. The molecule has 0 radical (unpaired) electrons. The van der Waals surface area contributed by atoms with E-state index in [1.54, 1.807) is 0 Å². The van der Waals surface area contributed by atoms with Gasteiger partial charge in [-0.05, 0) is 13.0 Å². The average Bonchev–Trinajstić information content (AvgIpc) is 2.25. The minimum absolute atomic E-state index is 0.0421. The number of ketones is 1. The van der Waals surface area contributed by atoms with Crippen molar-refractivity contribution < 1.29 is 9.59 Å². The van der Waals surface area contributed by atoms with E-state index in [-0.39, 0.29) is 17.6 Å². The van der Waals surface area contributed by atoms with Gasteiger partial charge in [0, 0.05) is 31.8 Å². The molecule has 0 aliphatic heterocycles. The summed E-state index contributed by atoms with van der Waals surface area (Å²) in [6.07, 6.45) is 0.657. The largest absolute Gasteiger partial charge is 0.355 e. The van der Waals surface area contributed by atoms with Crippen molar-refractivity contribution in [2.45, 2.75) is 33.6 Å². The van der Waals surface area contributed by atoms with Gasteiger partial charge in [-0.3, -0.25) is 9.59 Å². The zero-order valence-electron chi connectivity index (χ0n) is 10.8. The molecular weight excluding hydrogens is 204 g/mol. The summed E-state index contributed by atoms with van der Waals surface area (Å²) in [5.74, 6) is 0.531. The van der Waals surface area contributed by atoms with E-state index in [4.69, 9.17) is 0 Å². The second-order valence-corrected chi connectivity index (χ2v) is 4.45. The van der Waals surface area contributed by atoms with E-state index in [9.17, 15) is 9.59 Å². The Labute approximate surface area is 98.2 Å². The Balaban J connectivity index is 3.71. The fourth-order valence-electron chi connectivity index (χ4n) is 1.25.